The number of aliphatic hydroxyl groups is 1. The van der Waals surface area contributed by atoms with Crippen LogP contribution in [-0.4, -0.2) is 86.3 Å². The third-order valence-corrected chi connectivity index (χ3v) is 8.77. The Kier molecular flexibility index (Phi) is 7.59. The summed E-state index contributed by atoms with van der Waals surface area (Å²) in [5.74, 6) is 0.000756. The lowest BCUT2D eigenvalue weighted by atomic mass is 9.96. The lowest BCUT2D eigenvalue weighted by Crippen LogP contribution is -2.59. The summed E-state index contributed by atoms with van der Waals surface area (Å²) >= 11 is 6.68. The van der Waals surface area contributed by atoms with Crippen LogP contribution in [0.15, 0.2) is 36.9 Å². The van der Waals surface area contributed by atoms with Crippen molar-refractivity contribution >= 4 is 27.6 Å². The summed E-state index contributed by atoms with van der Waals surface area (Å²) in [6, 6.07) is 5.21. The van der Waals surface area contributed by atoms with Crippen LogP contribution >= 0.6 is 11.6 Å². The van der Waals surface area contributed by atoms with Gasteiger partial charge in [0.25, 0.3) is 0 Å². The topological polar surface area (TPSA) is 116 Å². The van der Waals surface area contributed by atoms with Crippen molar-refractivity contribution in [3.05, 3.63) is 53.1 Å². The summed E-state index contributed by atoms with van der Waals surface area (Å²) in [5, 5.41) is 13.5. The van der Waals surface area contributed by atoms with Gasteiger partial charge in [0.05, 0.1) is 22.6 Å². The number of halogens is 4. The van der Waals surface area contributed by atoms with E-state index in [9.17, 15) is 26.7 Å². The molecule has 3 aromatic rings. The van der Waals surface area contributed by atoms with Crippen molar-refractivity contribution in [2.45, 2.75) is 44.1 Å². The van der Waals surface area contributed by atoms with Crippen LogP contribution in [0.4, 0.5) is 19.1 Å². The minimum atomic E-state index is -4.71. The highest BCUT2D eigenvalue weighted by Gasteiger charge is 2.37. The van der Waals surface area contributed by atoms with Crippen molar-refractivity contribution < 1.29 is 26.7 Å². The molecule has 2 aliphatic heterocycles. The first-order valence-electron chi connectivity index (χ1n) is 12.6. The van der Waals surface area contributed by atoms with Crippen molar-refractivity contribution in [2.75, 3.05) is 37.8 Å². The molecule has 2 fully saturated rings. The Morgan fingerprint density at radius 3 is 2.52 bits per heavy atom. The van der Waals surface area contributed by atoms with Crippen LogP contribution in [0.1, 0.15) is 30.9 Å². The van der Waals surface area contributed by atoms with E-state index in [-0.39, 0.29) is 23.4 Å². The van der Waals surface area contributed by atoms with Gasteiger partial charge >= 0.3 is 6.18 Å². The first-order valence-corrected chi connectivity index (χ1v) is 14.8. The van der Waals surface area contributed by atoms with Crippen LogP contribution in [0.25, 0.3) is 17.1 Å². The second-order valence-corrected chi connectivity index (χ2v) is 13.0. The van der Waals surface area contributed by atoms with E-state index in [1.807, 2.05) is 11.0 Å². The molecule has 1 aromatic carbocycles. The SMILES string of the molecule is CC1(O)CN(Cc2cccc(-n3cnc(-c4nc(NC5CCN(S(C)(=O)=O)CC5)ncc4C(F)(F)F)c3)c2Cl)C1. The number of anilines is 1. The molecular formula is C25H29ClF3N7O3S. The molecule has 2 N–H and O–H groups in total. The standard InChI is InChI=1S/C25H29ClF3N7O3S/c1-24(37)13-34(14-24)11-16-4-3-5-20(21(16)26)35-12-19(31-15-35)22-18(25(27,28)29)10-30-23(33-22)32-17-6-8-36(9-7-17)40(2,38)39/h3-5,10,12,15,17,37H,6-9,11,13-14H2,1-2H3,(H,30,32,33). The molecule has 40 heavy (non-hydrogen) atoms. The Balaban J connectivity index is 1.39. The predicted octanol–water partition coefficient (Wildman–Crippen LogP) is 3.40. The van der Waals surface area contributed by atoms with Crippen LogP contribution in [0, 0.1) is 0 Å². The molecule has 0 saturated carbocycles. The molecule has 10 nitrogen and oxygen atoms in total. The van der Waals surface area contributed by atoms with Gasteiger partial charge < -0.3 is 15.0 Å². The molecule has 0 spiro atoms. The van der Waals surface area contributed by atoms with E-state index in [0.29, 0.717) is 56.3 Å². The highest BCUT2D eigenvalue weighted by atomic mass is 35.5. The lowest BCUT2D eigenvalue weighted by Gasteiger charge is -2.44. The smallest absolute Gasteiger partial charge is 0.388 e. The number of hydrogen-bond donors (Lipinski definition) is 2. The van der Waals surface area contributed by atoms with Gasteiger partial charge in [-0.1, -0.05) is 23.7 Å². The number of rotatable bonds is 7. The number of aromatic nitrogens is 4. The van der Waals surface area contributed by atoms with Crippen molar-refractivity contribution in [3.8, 4) is 17.1 Å². The number of sulfonamides is 1. The number of nitrogens with zero attached hydrogens (tertiary/aromatic N) is 6. The van der Waals surface area contributed by atoms with Crippen LogP contribution in [-0.2, 0) is 22.7 Å². The average molecular weight is 600 g/mol. The third-order valence-electron chi connectivity index (χ3n) is 7.03. The van der Waals surface area contributed by atoms with Gasteiger partial charge in [0.1, 0.15) is 23.3 Å². The van der Waals surface area contributed by atoms with Crippen molar-refractivity contribution in [1.29, 1.82) is 0 Å². The van der Waals surface area contributed by atoms with Gasteiger partial charge in [-0.25, -0.2) is 27.7 Å². The maximum absolute atomic E-state index is 13.9. The summed E-state index contributed by atoms with van der Waals surface area (Å²) in [6.07, 6.45) is 0.901. The Labute approximate surface area is 234 Å². The fraction of sp³-hybridized carbons (Fsp3) is 0.480. The Bertz CT molecular complexity index is 1500. The molecule has 0 amide bonds. The highest BCUT2D eigenvalue weighted by molar-refractivity contribution is 7.88. The molecule has 0 radical (unpaired) electrons. The lowest BCUT2D eigenvalue weighted by molar-refractivity contribution is -0.137. The van der Waals surface area contributed by atoms with Gasteiger partial charge in [0.15, 0.2) is 0 Å². The molecule has 0 atom stereocenters. The second kappa shape index (κ2) is 10.6. The number of hydrogen-bond acceptors (Lipinski definition) is 8. The number of β-amino-alcohol motifs (C(OH)–C–C–N with tert-alkyl or cyclic N) is 1. The fourth-order valence-corrected chi connectivity index (χ4v) is 6.26. The molecule has 15 heteroatoms. The zero-order chi connectivity index (χ0) is 28.9. The summed E-state index contributed by atoms with van der Waals surface area (Å²) in [4.78, 5) is 14.3. The van der Waals surface area contributed by atoms with E-state index in [0.717, 1.165) is 18.0 Å². The maximum Gasteiger partial charge on any atom is 0.420 e. The summed E-state index contributed by atoms with van der Waals surface area (Å²) in [6.45, 7) is 3.91. The molecule has 4 heterocycles. The van der Waals surface area contributed by atoms with Crippen LogP contribution in [0.2, 0.25) is 5.02 Å². The van der Waals surface area contributed by atoms with Crippen molar-refractivity contribution in [1.82, 2.24) is 28.7 Å². The summed E-state index contributed by atoms with van der Waals surface area (Å²) in [5.41, 5.74) is -0.782. The summed E-state index contributed by atoms with van der Waals surface area (Å²) < 4.78 is 68.1. The number of nitrogens with one attached hydrogen (secondary N) is 1. The Hall–Kier alpha value is -2.78. The third kappa shape index (κ3) is 6.25. The van der Waals surface area contributed by atoms with E-state index < -0.39 is 27.4 Å². The molecule has 0 unspecified atom stereocenters. The predicted molar refractivity (Wildman–Crippen MR) is 144 cm³/mol. The molecule has 2 aliphatic rings. The normalized spacial score (nSPS) is 19.0. The van der Waals surface area contributed by atoms with Gasteiger partial charge in [-0.3, -0.25) is 4.90 Å². The largest absolute Gasteiger partial charge is 0.420 e. The number of alkyl halides is 3. The van der Waals surface area contributed by atoms with E-state index in [1.165, 1.54) is 16.8 Å². The second-order valence-electron chi connectivity index (χ2n) is 10.6. The van der Waals surface area contributed by atoms with Gasteiger partial charge in [0, 0.05) is 51.2 Å². The van der Waals surface area contributed by atoms with Gasteiger partial charge in [-0.15, -0.1) is 0 Å². The molecule has 0 bridgehead atoms. The first kappa shape index (κ1) is 28.7. The summed E-state index contributed by atoms with van der Waals surface area (Å²) in [7, 11) is -3.31. The quantitative estimate of drug-likeness (QED) is 0.425. The minimum Gasteiger partial charge on any atom is -0.388 e. The zero-order valence-electron chi connectivity index (χ0n) is 21.9. The van der Waals surface area contributed by atoms with E-state index in [1.54, 1.807) is 23.6 Å². The van der Waals surface area contributed by atoms with Gasteiger partial charge in [-0.2, -0.15) is 13.2 Å². The van der Waals surface area contributed by atoms with Crippen molar-refractivity contribution in [3.63, 3.8) is 0 Å². The molecule has 2 saturated heterocycles. The van der Waals surface area contributed by atoms with E-state index >= 15 is 0 Å². The average Bonchev–Trinajstić information content (AvgIpc) is 3.33. The first-order chi connectivity index (χ1) is 18.7. The number of piperidine rings is 1. The molecule has 0 aliphatic carbocycles. The monoisotopic (exact) mass is 599 g/mol. The Morgan fingerprint density at radius 2 is 1.90 bits per heavy atom. The van der Waals surface area contributed by atoms with E-state index in [4.69, 9.17) is 11.6 Å². The maximum atomic E-state index is 13.9. The van der Waals surface area contributed by atoms with Crippen molar-refractivity contribution in [2.24, 2.45) is 0 Å². The zero-order valence-corrected chi connectivity index (χ0v) is 23.4. The minimum absolute atomic E-state index is 0.000756. The van der Waals surface area contributed by atoms with Crippen LogP contribution in [0.3, 0.4) is 0 Å². The van der Waals surface area contributed by atoms with E-state index in [2.05, 4.69) is 20.3 Å². The fourth-order valence-electron chi connectivity index (χ4n) is 5.10. The van der Waals surface area contributed by atoms with Gasteiger partial charge in [-0.05, 0) is 31.4 Å². The van der Waals surface area contributed by atoms with Gasteiger partial charge in [0.2, 0.25) is 16.0 Å². The number of benzene rings is 1. The Morgan fingerprint density at radius 1 is 1.20 bits per heavy atom. The van der Waals surface area contributed by atoms with Crippen LogP contribution < -0.4 is 5.32 Å². The molecule has 216 valence electrons. The molecular weight excluding hydrogens is 571 g/mol. The highest BCUT2D eigenvalue weighted by Crippen LogP contribution is 2.36. The van der Waals surface area contributed by atoms with Crippen LogP contribution in [0.5, 0.6) is 0 Å². The number of imidazole rings is 1. The number of likely N-dealkylation sites (tertiary alicyclic amines) is 1. The molecule has 5 rings (SSSR count). The molecule has 2 aromatic heterocycles.